The van der Waals surface area contributed by atoms with Gasteiger partial charge in [-0.1, -0.05) is 32.0 Å². The summed E-state index contributed by atoms with van der Waals surface area (Å²) in [6.45, 7) is 4.32. The van der Waals surface area contributed by atoms with Gasteiger partial charge in [-0.2, -0.15) is 0 Å². The van der Waals surface area contributed by atoms with Gasteiger partial charge in [0.15, 0.2) is 0 Å². The molecular formula is C17H23NO3. The zero-order chi connectivity index (χ0) is 15.4. The van der Waals surface area contributed by atoms with Crippen molar-refractivity contribution in [3.8, 4) is 0 Å². The predicted octanol–water partition coefficient (Wildman–Crippen LogP) is 3.17. The first kappa shape index (κ1) is 15.5. The van der Waals surface area contributed by atoms with Crippen molar-refractivity contribution in [1.29, 1.82) is 0 Å². The maximum atomic E-state index is 11.9. The first-order chi connectivity index (χ1) is 9.97. The standard InChI is InChI=1S/C17H23NO3/c1-11(2)13-7-6-12-4-3-5-15(14(12)10-13)18-16(19)8-9-17(20)21/h6-7,10-11,15H,3-5,8-9H2,1-2H3,(H,18,19)(H,20,21)/t15-/m1/s1. The molecule has 0 aliphatic heterocycles. The van der Waals surface area contributed by atoms with Gasteiger partial charge in [-0.3, -0.25) is 9.59 Å². The number of carbonyl (C=O) groups excluding carboxylic acids is 1. The topological polar surface area (TPSA) is 66.4 Å². The van der Waals surface area contributed by atoms with E-state index in [1.165, 1.54) is 16.7 Å². The van der Waals surface area contributed by atoms with Crippen molar-refractivity contribution in [2.75, 3.05) is 0 Å². The normalized spacial score (nSPS) is 17.4. The van der Waals surface area contributed by atoms with Gasteiger partial charge in [-0.15, -0.1) is 0 Å². The van der Waals surface area contributed by atoms with E-state index in [0.717, 1.165) is 19.3 Å². The Morgan fingerprint density at radius 1 is 1.33 bits per heavy atom. The minimum absolute atomic E-state index is 0.0220. The molecule has 1 aromatic carbocycles. The lowest BCUT2D eigenvalue weighted by Crippen LogP contribution is -2.31. The van der Waals surface area contributed by atoms with E-state index in [-0.39, 0.29) is 24.8 Å². The van der Waals surface area contributed by atoms with Gasteiger partial charge in [0.25, 0.3) is 0 Å². The number of amides is 1. The van der Waals surface area contributed by atoms with E-state index in [9.17, 15) is 9.59 Å². The average Bonchev–Trinajstić information content (AvgIpc) is 2.45. The van der Waals surface area contributed by atoms with Crippen LogP contribution in [0.15, 0.2) is 18.2 Å². The molecule has 114 valence electrons. The second-order valence-corrected chi connectivity index (χ2v) is 6.02. The van der Waals surface area contributed by atoms with Crippen LogP contribution in [0.3, 0.4) is 0 Å². The highest BCUT2D eigenvalue weighted by atomic mass is 16.4. The summed E-state index contributed by atoms with van der Waals surface area (Å²) in [4.78, 5) is 22.4. The molecule has 4 heteroatoms. The number of rotatable bonds is 5. The van der Waals surface area contributed by atoms with Crippen molar-refractivity contribution in [2.24, 2.45) is 0 Å². The predicted molar refractivity (Wildman–Crippen MR) is 81.2 cm³/mol. The fraction of sp³-hybridized carbons (Fsp3) is 0.529. The SMILES string of the molecule is CC(C)c1ccc2c(c1)[C@H](NC(=O)CCC(=O)O)CCC2. The van der Waals surface area contributed by atoms with Crippen molar-refractivity contribution in [3.63, 3.8) is 0 Å². The van der Waals surface area contributed by atoms with E-state index in [2.05, 4.69) is 37.4 Å². The van der Waals surface area contributed by atoms with Crippen LogP contribution in [0, 0.1) is 0 Å². The van der Waals surface area contributed by atoms with Gasteiger partial charge in [0.1, 0.15) is 0 Å². The van der Waals surface area contributed by atoms with Crippen molar-refractivity contribution < 1.29 is 14.7 Å². The summed E-state index contributed by atoms with van der Waals surface area (Å²) >= 11 is 0. The largest absolute Gasteiger partial charge is 0.481 e. The van der Waals surface area contributed by atoms with Gasteiger partial charge in [0, 0.05) is 6.42 Å². The maximum Gasteiger partial charge on any atom is 0.303 e. The number of carboxylic acid groups (broad SMARTS) is 1. The van der Waals surface area contributed by atoms with E-state index in [4.69, 9.17) is 5.11 Å². The van der Waals surface area contributed by atoms with Gasteiger partial charge >= 0.3 is 5.97 Å². The molecule has 0 bridgehead atoms. The number of aryl methyl sites for hydroxylation is 1. The smallest absolute Gasteiger partial charge is 0.303 e. The molecule has 0 fully saturated rings. The van der Waals surface area contributed by atoms with Gasteiger partial charge in [0.2, 0.25) is 5.91 Å². The van der Waals surface area contributed by atoms with Crippen molar-refractivity contribution in [1.82, 2.24) is 5.32 Å². The Bertz CT molecular complexity index is 537. The summed E-state index contributed by atoms with van der Waals surface area (Å²) in [5.41, 5.74) is 3.78. The Hall–Kier alpha value is -1.84. The lowest BCUT2D eigenvalue weighted by atomic mass is 9.85. The first-order valence-electron chi connectivity index (χ1n) is 7.61. The van der Waals surface area contributed by atoms with Crippen LogP contribution in [0.4, 0.5) is 0 Å². The molecule has 21 heavy (non-hydrogen) atoms. The molecule has 0 heterocycles. The quantitative estimate of drug-likeness (QED) is 0.875. The molecule has 1 aliphatic rings. The van der Waals surface area contributed by atoms with Crippen LogP contribution in [-0.2, 0) is 16.0 Å². The summed E-state index contributed by atoms with van der Waals surface area (Å²) in [5, 5.41) is 11.6. The Morgan fingerprint density at radius 2 is 2.10 bits per heavy atom. The van der Waals surface area contributed by atoms with Gasteiger partial charge in [-0.05, 0) is 41.9 Å². The van der Waals surface area contributed by atoms with Crippen LogP contribution in [0.5, 0.6) is 0 Å². The minimum atomic E-state index is -0.934. The lowest BCUT2D eigenvalue weighted by Gasteiger charge is -2.27. The summed E-state index contributed by atoms with van der Waals surface area (Å²) in [5.74, 6) is -0.651. The maximum absolute atomic E-state index is 11.9. The molecule has 1 aliphatic carbocycles. The Balaban J connectivity index is 2.11. The zero-order valence-electron chi connectivity index (χ0n) is 12.7. The highest BCUT2D eigenvalue weighted by Crippen LogP contribution is 2.32. The molecule has 1 atom stereocenters. The van der Waals surface area contributed by atoms with Crippen LogP contribution < -0.4 is 5.32 Å². The average molecular weight is 289 g/mol. The van der Waals surface area contributed by atoms with E-state index in [1.54, 1.807) is 0 Å². The van der Waals surface area contributed by atoms with Gasteiger partial charge in [-0.25, -0.2) is 0 Å². The lowest BCUT2D eigenvalue weighted by molar-refractivity contribution is -0.138. The third-order valence-corrected chi connectivity index (χ3v) is 4.05. The molecule has 0 unspecified atom stereocenters. The highest BCUT2D eigenvalue weighted by Gasteiger charge is 2.22. The second kappa shape index (κ2) is 6.74. The van der Waals surface area contributed by atoms with Crippen molar-refractivity contribution >= 4 is 11.9 Å². The van der Waals surface area contributed by atoms with Crippen LogP contribution >= 0.6 is 0 Å². The molecule has 1 amide bonds. The molecule has 4 nitrogen and oxygen atoms in total. The minimum Gasteiger partial charge on any atom is -0.481 e. The number of aliphatic carboxylic acids is 1. The van der Waals surface area contributed by atoms with Crippen LogP contribution in [-0.4, -0.2) is 17.0 Å². The zero-order valence-corrected chi connectivity index (χ0v) is 12.7. The Kier molecular flexibility index (Phi) is 4.99. The third kappa shape index (κ3) is 4.06. The summed E-state index contributed by atoms with van der Waals surface area (Å²) in [6, 6.07) is 6.55. The first-order valence-corrected chi connectivity index (χ1v) is 7.61. The van der Waals surface area contributed by atoms with Crippen molar-refractivity contribution in [2.45, 2.75) is 57.9 Å². The van der Waals surface area contributed by atoms with Crippen molar-refractivity contribution in [3.05, 3.63) is 34.9 Å². The number of hydrogen-bond donors (Lipinski definition) is 2. The molecule has 2 N–H and O–H groups in total. The Morgan fingerprint density at radius 3 is 2.76 bits per heavy atom. The van der Waals surface area contributed by atoms with Crippen LogP contribution in [0.25, 0.3) is 0 Å². The number of hydrogen-bond acceptors (Lipinski definition) is 2. The van der Waals surface area contributed by atoms with Gasteiger partial charge < -0.3 is 10.4 Å². The fourth-order valence-electron chi connectivity index (χ4n) is 2.81. The number of nitrogens with one attached hydrogen (secondary N) is 1. The molecule has 0 spiro atoms. The molecule has 0 saturated heterocycles. The third-order valence-electron chi connectivity index (χ3n) is 4.05. The number of carboxylic acids is 1. The number of fused-ring (bicyclic) bond motifs is 1. The Labute approximate surface area is 125 Å². The van der Waals surface area contributed by atoms with E-state index >= 15 is 0 Å². The number of benzene rings is 1. The summed E-state index contributed by atoms with van der Waals surface area (Å²) < 4.78 is 0. The van der Waals surface area contributed by atoms with E-state index < -0.39 is 5.97 Å². The molecule has 1 aromatic rings. The summed E-state index contributed by atoms with van der Waals surface area (Å²) in [7, 11) is 0. The van der Waals surface area contributed by atoms with E-state index in [1.807, 2.05) is 0 Å². The highest BCUT2D eigenvalue weighted by molar-refractivity contribution is 5.81. The van der Waals surface area contributed by atoms with Gasteiger partial charge in [0.05, 0.1) is 12.5 Å². The number of carbonyl (C=O) groups is 2. The second-order valence-electron chi connectivity index (χ2n) is 6.02. The van der Waals surface area contributed by atoms with Crippen LogP contribution in [0.2, 0.25) is 0 Å². The fourth-order valence-corrected chi connectivity index (χ4v) is 2.81. The molecule has 0 aromatic heterocycles. The summed E-state index contributed by atoms with van der Waals surface area (Å²) in [6.07, 6.45) is 2.96. The molecular weight excluding hydrogens is 266 g/mol. The molecule has 0 radical (unpaired) electrons. The molecule has 2 rings (SSSR count). The monoisotopic (exact) mass is 289 g/mol. The molecule has 0 saturated carbocycles. The van der Waals surface area contributed by atoms with E-state index in [0.29, 0.717) is 5.92 Å². The van der Waals surface area contributed by atoms with Crippen LogP contribution in [0.1, 0.15) is 68.2 Å².